The second kappa shape index (κ2) is 10.9. The van der Waals surface area contributed by atoms with E-state index in [2.05, 4.69) is 85.0 Å². The normalized spacial score (nSPS) is 16.2. The molecule has 3 aromatic heterocycles. The molecule has 240 valence electrons. The van der Waals surface area contributed by atoms with Crippen LogP contribution in [0.5, 0.6) is 5.75 Å². The van der Waals surface area contributed by atoms with Crippen molar-refractivity contribution < 1.29 is 13.6 Å². The van der Waals surface area contributed by atoms with Gasteiger partial charge in [-0.05, 0) is 59.7 Å². The minimum atomic E-state index is 0.0234. The molecular weight excluding hydrogens is 631 g/mol. The third-order valence-corrected chi connectivity index (χ3v) is 10.1. The Hall–Kier alpha value is -6.79. The summed E-state index contributed by atoms with van der Waals surface area (Å²) in [6, 6.07) is 43.1. The summed E-state index contributed by atoms with van der Waals surface area (Å²) in [4.78, 5) is 15.2. The van der Waals surface area contributed by atoms with E-state index in [9.17, 15) is 0 Å². The number of rotatable bonds is 4. The largest absolute Gasteiger partial charge is 0.485 e. The van der Waals surface area contributed by atoms with E-state index in [0.717, 1.165) is 77.4 Å². The van der Waals surface area contributed by atoms with Crippen LogP contribution in [0.1, 0.15) is 11.5 Å². The second-order valence-electron chi connectivity index (χ2n) is 13.1. The van der Waals surface area contributed by atoms with Crippen molar-refractivity contribution in [3.05, 3.63) is 157 Å². The first kappa shape index (κ1) is 28.1. The topological polar surface area (TPSA) is 74.2 Å². The van der Waals surface area contributed by atoms with Gasteiger partial charge in [-0.15, -0.1) is 0 Å². The molecule has 0 N–H and O–H groups in total. The smallest absolute Gasteiger partial charge is 0.164 e. The average Bonchev–Trinajstić information content (AvgIpc) is 3.88. The van der Waals surface area contributed by atoms with Gasteiger partial charge in [-0.2, -0.15) is 0 Å². The van der Waals surface area contributed by atoms with Crippen molar-refractivity contribution in [3.8, 4) is 51.0 Å². The first-order valence-electron chi connectivity index (χ1n) is 17.1. The molecule has 4 heterocycles. The second-order valence-corrected chi connectivity index (χ2v) is 13.1. The quantitative estimate of drug-likeness (QED) is 0.187. The molecule has 9 aromatic rings. The molecule has 0 saturated heterocycles. The van der Waals surface area contributed by atoms with E-state index < -0.39 is 0 Å². The van der Waals surface area contributed by atoms with Crippen LogP contribution in [0.25, 0.3) is 89.2 Å². The lowest BCUT2D eigenvalue weighted by Crippen LogP contribution is -2.15. The molecule has 0 spiro atoms. The maximum Gasteiger partial charge on any atom is 0.164 e. The maximum absolute atomic E-state index is 6.57. The van der Waals surface area contributed by atoms with Gasteiger partial charge in [0.15, 0.2) is 17.5 Å². The molecule has 51 heavy (non-hydrogen) atoms. The Morgan fingerprint density at radius 2 is 1.12 bits per heavy atom. The lowest BCUT2D eigenvalue weighted by molar-refractivity contribution is 0.269. The number of hydrogen-bond acceptors (Lipinski definition) is 6. The lowest BCUT2D eigenvalue weighted by atomic mass is 9.86. The van der Waals surface area contributed by atoms with E-state index in [1.807, 2.05) is 66.7 Å². The van der Waals surface area contributed by atoms with Crippen molar-refractivity contribution in [2.45, 2.75) is 12.0 Å². The molecule has 0 amide bonds. The van der Waals surface area contributed by atoms with E-state index >= 15 is 0 Å². The standard InChI is InChI=1S/C45H27N3O3/c1-2-10-26(11-3-1)43-46-44(28-21-22-31-30-12-4-6-16-35(30)50-39(31)25-28)48-45(47-43)34-15-9-19-38-42(34)33-23-20-27(24-40(33)51-38)29-14-8-18-37-41(29)32-13-5-7-17-36(32)49-37/h1-25,32,36H. The fourth-order valence-electron chi connectivity index (χ4n) is 7.74. The Balaban J connectivity index is 1.07. The molecule has 0 saturated carbocycles. The van der Waals surface area contributed by atoms with E-state index in [1.165, 1.54) is 5.56 Å². The van der Waals surface area contributed by atoms with Crippen LogP contribution in [-0.4, -0.2) is 21.1 Å². The molecule has 2 unspecified atom stereocenters. The van der Waals surface area contributed by atoms with Crippen LogP contribution in [0.3, 0.4) is 0 Å². The summed E-state index contributed by atoms with van der Waals surface area (Å²) in [7, 11) is 0. The predicted molar refractivity (Wildman–Crippen MR) is 202 cm³/mol. The fourth-order valence-corrected chi connectivity index (χ4v) is 7.74. The van der Waals surface area contributed by atoms with E-state index in [4.69, 9.17) is 28.5 Å². The Morgan fingerprint density at radius 3 is 2.06 bits per heavy atom. The highest BCUT2D eigenvalue weighted by Gasteiger charge is 2.34. The minimum absolute atomic E-state index is 0.0234. The summed E-state index contributed by atoms with van der Waals surface area (Å²) in [5, 5.41) is 4.10. The number of para-hydroxylation sites is 1. The molecule has 0 bridgehead atoms. The molecule has 1 aliphatic heterocycles. The van der Waals surface area contributed by atoms with Crippen molar-refractivity contribution in [2.75, 3.05) is 0 Å². The summed E-state index contributed by atoms with van der Waals surface area (Å²) < 4.78 is 19.1. The van der Waals surface area contributed by atoms with Crippen molar-refractivity contribution in [1.29, 1.82) is 0 Å². The van der Waals surface area contributed by atoms with Gasteiger partial charge in [0.1, 0.15) is 34.2 Å². The van der Waals surface area contributed by atoms with Gasteiger partial charge in [0, 0.05) is 49.7 Å². The Kier molecular flexibility index (Phi) is 5.98. The molecule has 1 aliphatic carbocycles. The van der Waals surface area contributed by atoms with Gasteiger partial charge in [-0.1, -0.05) is 103 Å². The van der Waals surface area contributed by atoms with Crippen molar-refractivity contribution >= 4 is 43.9 Å². The predicted octanol–water partition coefficient (Wildman–Crippen LogP) is 11.3. The summed E-state index contributed by atoms with van der Waals surface area (Å²) in [5.74, 6) is 2.85. The highest BCUT2D eigenvalue weighted by molar-refractivity contribution is 6.12. The number of benzene rings is 6. The summed E-state index contributed by atoms with van der Waals surface area (Å²) >= 11 is 0. The third kappa shape index (κ3) is 4.40. The van der Waals surface area contributed by atoms with Crippen LogP contribution in [0.2, 0.25) is 0 Å². The Morgan fingerprint density at radius 1 is 0.451 bits per heavy atom. The van der Waals surface area contributed by atoms with Crippen LogP contribution in [0, 0.1) is 0 Å². The van der Waals surface area contributed by atoms with Crippen LogP contribution >= 0.6 is 0 Å². The van der Waals surface area contributed by atoms with Crippen LogP contribution in [0.4, 0.5) is 0 Å². The molecule has 6 aromatic carbocycles. The zero-order chi connectivity index (χ0) is 33.5. The maximum atomic E-state index is 6.57. The zero-order valence-electron chi connectivity index (χ0n) is 27.2. The lowest BCUT2D eigenvalue weighted by Gasteiger charge is -2.16. The van der Waals surface area contributed by atoms with Gasteiger partial charge < -0.3 is 13.6 Å². The number of nitrogens with zero attached hydrogens (tertiary/aromatic N) is 3. The van der Waals surface area contributed by atoms with Crippen LogP contribution in [-0.2, 0) is 0 Å². The average molecular weight is 658 g/mol. The first-order valence-corrected chi connectivity index (χ1v) is 17.1. The van der Waals surface area contributed by atoms with Crippen molar-refractivity contribution in [3.63, 3.8) is 0 Å². The van der Waals surface area contributed by atoms with Gasteiger partial charge in [-0.3, -0.25) is 0 Å². The summed E-state index contributed by atoms with van der Waals surface area (Å²) in [6.07, 6.45) is 8.55. The van der Waals surface area contributed by atoms with Crippen molar-refractivity contribution in [1.82, 2.24) is 15.0 Å². The molecule has 2 aliphatic rings. The molecule has 2 atom stereocenters. The van der Waals surface area contributed by atoms with Gasteiger partial charge in [-0.25, -0.2) is 15.0 Å². The fraction of sp³-hybridized carbons (Fsp3) is 0.0444. The van der Waals surface area contributed by atoms with Crippen molar-refractivity contribution in [2.24, 2.45) is 0 Å². The molecule has 6 nitrogen and oxygen atoms in total. The molecule has 0 radical (unpaired) electrons. The zero-order valence-corrected chi connectivity index (χ0v) is 27.2. The molecule has 11 rings (SSSR count). The number of hydrogen-bond donors (Lipinski definition) is 0. The highest BCUT2D eigenvalue weighted by Crippen LogP contribution is 2.47. The first-order chi connectivity index (χ1) is 25.2. The third-order valence-electron chi connectivity index (χ3n) is 10.1. The monoisotopic (exact) mass is 657 g/mol. The SMILES string of the molecule is C1=CC2Oc3cccc(-c4ccc5c(c4)oc4cccc(-c6nc(-c7ccccc7)nc(-c7ccc8c(c7)oc7ccccc78)n6)c45)c3C2C=C1. The van der Waals surface area contributed by atoms with Gasteiger partial charge >= 0.3 is 0 Å². The summed E-state index contributed by atoms with van der Waals surface area (Å²) in [6.45, 7) is 0. The minimum Gasteiger partial charge on any atom is -0.485 e. The van der Waals surface area contributed by atoms with Gasteiger partial charge in [0.05, 0.1) is 0 Å². The Labute approximate surface area is 292 Å². The van der Waals surface area contributed by atoms with E-state index in [-0.39, 0.29) is 12.0 Å². The van der Waals surface area contributed by atoms with Crippen LogP contribution in [0.15, 0.2) is 161 Å². The number of fused-ring (bicyclic) bond motifs is 9. The highest BCUT2D eigenvalue weighted by atomic mass is 16.5. The van der Waals surface area contributed by atoms with Gasteiger partial charge in [0.25, 0.3) is 0 Å². The Bertz CT molecular complexity index is 2920. The number of ether oxygens (including phenoxy) is 1. The molecule has 0 fully saturated rings. The molecular formula is C45H27N3O3. The van der Waals surface area contributed by atoms with E-state index in [0.29, 0.717) is 17.5 Å². The number of furan rings is 2. The van der Waals surface area contributed by atoms with Gasteiger partial charge in [0.2, 0.25) is 0 Å². The summed E-state index contributed by atoms with van der Waals surface area (Å²) in [5.41, 5.74) is 9.30. The number of aromatic nitrogens is 3. The number of allylic oxidation sites excluding steroid dienone is 2. The van der Waals surface area contributed by atoms with Crippen LogP contribution < -0.4 is 4.74 Å². The molecule has 6 heteroatoms. The van der Waals surface area contributed by atoms with E-state index in [1.54, 1.807) is 0 Å².